The fraction of sp³-hybridized carbons (Fsp3) is 0.576. The number of Topliss-reactive ketones (excluding diaryl/α,β-unsaturated/α-hetero) is 1. The highest BCUT2D eigenvalue weighted by atomic mass is 35.5. The highest BCUT2D eigenvalue weighted by Crippen LogP contribution is 2.19. The normalized spacial score (nSPS) is 17.6. The van der Waals surface area contributed by atoms with E-state index in [1.807, 2.05) is 58.0 Å². The van der Waals surface area contributed by atoms with Gasteiger partial charge in [0.05, 0.1) is 12.0 Å². The second kappa shape index (κ2) is 18.7. The molecule has 254 valence electrons. The number of amides is 3. The molecule has 0 spiro atoms. The van der Waals surface area contributed by atoms with Crippen LogP contribution in [0, 0.1) is 17.8 Å². The molecule has 0 radical (unpaired) electrons. The number of carboxylic acids is 1. The quantitative estimate of drug-likeness (QED) is 0.157. The Morgan fingerprint density at radius 1 is 1.04 bits per heavy atom. The summed E-state index contributed by atoms with van der Waals surface area (Å²) in [5, 5.41) is 23.1. The maximum Gasteiger partial charge on any atom is 0.306 e. The Morgan fingerprint density at radius 3 is 2.33 bits per heavy atom. The summed E-state index contributed by atoms with van der Waals surface area (Å²) in [6.45, 7) is 10.1. The van der Waals surface area contributed by atoms with Crippen LogP contribution in [0.5, 0.6) is 0 Å². The maximum absolute atomic E-state index is 13.4. The number of carbonyl (C=O) groups is 5. The summed E-state index contributed by atoms with van der Waals surface area (Å²) >= 11 is 1.05. The van der Waals surface area contributed by atoms with Crippen LogP contribution in [-0.2, 0) is 20.8 Å². The van der Waals surface area contributed by atoms with Gasteiger partial charge in [-0.25, -0.2) is 4.98 Å². The number of hydrogen-bond donors (Lipinski definition) is 5. The van der Waals surface area contributed by atoms with E-state index in [1.165, 1.54) is 5.38 Å². The van der Waals surface area contributed by atoms with Crippen molar-refractivity contribution >= 4 is 53.2 Å². The van der Waals surface area contributed by atoms with Crippen LogP contribution in [0.3, 0.4) is 0 Å². The van der Waals surface area contributed by atoms with E-state index in [2.05, 4.69) is 26.3 Å². The van der Waals surface area contributed by atoms with E-state index >= 15 is 0 Å². The number of thiazole rings is 1. The molecule has 5 N–H and O–H groups in total. The van der Waals surface area contributed by atoms with Crippen molar-refractivity contribution in [2.45, 2.75) is 97.3 Å². The van der Waals surface area contributed by atoms with Crippen LogP contribution in [-0.4, -0.2) is 70.3 Å². The summed E-state index contributed by atoms with van der Waals surface area (Å²) in [7, 11) is 0. The molecule has 0 bridgehead atoms. The lowest BCUT2D eigenvalue weighted by Crippen LogP contribution is -2.56. The average Bonchev–Trinajstić information content (AvgIpc) is 3.73. The monoisotopic (exact) mass is 677 g/mol. The molecule has 3 rings (SSSR count). The van der Waals surface area contributed by atoms with Crippen molar-refractivity contribution in [1.82, 2.24) is 26.3 Å². The standard InChI is InChI=1S/C33H47N5O6S.ClH/c1-6-20(4)28(38-29(40)24-13-10-14-34-24)31(42)36-25(19(2)3)17-27(39)32-37-26(18-45-32)30(41)35-23(15-21(5)33(43)44)16-22-11-8-7-9-12-22;/h7-9,11-12,18-21,23-25,28,34H,6,10,13-17H2,1-5H3,(H,35,41)(H,36,42)(H,38,40)(H,43,44);1H/t20-,21-,23+,24-,25+,28-;/m0./s1. The molecule has 2 heterocycles. The van der Waals surface area contributed by atoms with Crippen LogP contribution in [0.4, 0.5) is 0 Å². The molecule has 1 fully saturated rings. The predicted molar refractivity (Wildman–Crippen MR) is 180 cm³/mol. The molecule has 3 amide bonds. The Morgan fingerprint density at radius 2 is 1.74 bits per heavy atom. The van der Waals surface area contributed by atoms with Gasteiger partial charge in [-0.3, -0.25) is 24.0 Å². The third kappa shape index (κ3) is 11.5. The zero-order valence-corrected chi connectivity index (χ0v) is 28.8. The van der Waals surface area contributed by atoms with Crippen molar-refractivity contribution < 1.29 is 29.1 Å². The number of aromatic nitrogens is 1. The molecule has 0 saturated carbocycles. The Hall–Kier alpha value is -3.35. The third-order valence-electron chi connectivity index (χ3n) is 8.40. The van der Waals surface area contributed by atoms with Gasteiger partial charge in [0, 0.05) is 23.9 Å². The minimum atomic E-state index is -0.945. The zero-order valence-electron chi connectivity index (χ0n) is 27.2. The molecule has 1 aromatic heterocycles. The SMILES string of the molecule is CC[C@H](C)[C@H](NC(=O)[C@@H]1CCCN1)C(=O)N[C@H](CC(=O)c1nc(C(=O)N[C@@H](Cc2ccccc2)C[C@H](C)C(=O)O)cs1)C(C)C.Cl. The van der Waals surface area contributed by atoms with E-state index in [-0.39, 0.29) is 71.4 Å². The average molecular weight is 678 g/mol. The zero-order chi connectivity index (χ0) is 33.1. The lowest BCUT2D eigenvalue weighted by molar-refractivity contribution is -0.141. The van der Waals surface area contributed by atoms with Gasteiger partial charge in [0.2, 0.25) is 11.8 Å². The lowest BCUT2D eigenvalue weighted by atomic mass is 9.94. The summed E-state index contributed by atoms with van der Waals surface area (Å²) in [6.07, 6.45) is 2.99. The van der Waals surface area contributed by atoms with Crippen LogP contribution in [0.2, 0.25) is 0 Å². The number of nitrogens with one attached hydrogen (secondary N) is 4. The third-order valence-corrected chi connectivity index (χ3v) is 9.29. The van der Waals surface area contributed by atoms with Crippen molar-refractivity contribution in [3.63, 3.8) is 0 Å². The van der Waals surface area contributed by atoms with E-state index in [9.17, 15) is 29.1 Å². The van der Waals surface area contributed by atoms with E-state index in [0.29, 0.717) is 12.8 Å². The Balaban J connectivity index is 0.00000736. The molecular weight excluding hydrogens is 630 g/mol. The summed E-state index contributed by atoms with van der Waals surface area (Å²) in [4.78, 5) is 68.4. The van der Waals surface area contributed by atoms with Crippen molar-refractivity contribution in [1.29, 1.82) is 0 Å². The van der Waals surface area contributed by atoms with Gasteiger partial charge in [-0.2, -0.15) is 0 Å². The number of hydrogen-bond acceptors (Lipinski definition) is 8. The summed E-state index contributed by atoms with van der Waals surface area (Å²) in [6, 6.07) is 7.49. The van der Waals surface area contributed by atoms with Crippen LogP contribution in [0.25, 0.3) is 0 Å². The Bertz CT molecular complexity index is 1320. The highest BCUT2D eigenvalue weighted by Gasteiger charge is 2.32. The number of aliphatic carboxylic acids is 1. The largest absolute Gasteiger partial charge is 0.481 e. The first-order chi connectivity index (χ1) is 21.4. The number of halogens is 1. The van der Waals surface area contributed by atoms with Crippen LogP contribution < -0.4 is 21.3 Å². The number of carbonyl (C=O) groups excluding carboxylic acids is 4. The number of rotatable bonds is 17. The molecule has 0 aliphatic carbocycles. The molecule has 11 nitrogen and oxygen atoms in total. The molecule has 2 aromatic rings. The molecule has 1 saturated heterocycles. The van der Waals surface area contributed by atoms with E-state index < -0.39 is 35.9 Å². The van der Waals surface area contributed by atoms with Gasteiger partial charge >= 0.3 is 5.97 Å². The molecule has 6 atom stereocenters. The van der Waals surface area contributed by atoms with Gasteiger partial charge in [0.25, 0.3) is 5.91 Å². The lowest BCUT2D eigenvalue weighted by Gasteiger charge is -2.29. The van der Waals surface area contributed by atoms with Gasteiger partial charge in [0.15, 0.2) is 10.8 Å². The molecule has 1 aromatic carbocycles. The highest BCUT2D eigenvalue weighted by molar-refractivity contribution is 7.11. The minimum absolute atomic E-state index is 0. The van der Waals surface area contributed by atoms with Crippen molar-refractivity contribution in [3.8, 4) is 0 Å². The smallest absolute Gasteiger partial charge is 0.306 e. The number of benzene rings is 1. The molecule has 1 aliphatic heterocycles. The maximum atomic E-state index is 13.4. The van der Waals surface area contributed by atoms with Crippen LogP contribution >= 0.6 is 23.7 Å². The van der Waals surface area contributed by atoms with Crippen LogP contribution in [0.1, 0.15) is 92.6 Å². The summed E-state index contributed by atoms with van der Waals surface area (Å²) in [5.41, 5.74) is 1.04. The van der Waals surface area contributed by atoms with Gasteiger partial charge in [-0.05, 0) is 49.6 Å². The molecule has 0 unspecified atom stereocenters. The minimum Gasteiger partial charge on any atom is -0.481 e. The van der Waals surface area contributed by atoms with Gasteiger partial charge in [-0.15, -0.1) is 23.7 Å². The molecular formula is C33H48ClN5O6S. The Labute approximate surface area is 281 Å². The topological polar surface area (TPSA) is 167 Å². The first kappa shape index (κ1) is 38.8. The fourth-order valence-electron chi connectivity index (χ4n) is 5.26. The van der Waals surface area contributed by atoms with Crippen molar-refractivity contribution in [2.24, 2.45) is 17.8 Å². The number of ketones is 1. The van der Waals surface area contributed by atoms with Crippen molar-refractivity contribution in [3.05, 3.63) is 52.0 Å². The number of carboxylic acid groups (broad SMARTS) is 1. The Kier molecular flexibility index (Phi) is 15.8. The molecule has 46 heavy (non-hydrogen) atoms. The second-order valence-electron chi connectivity index (χ2n) is 12.4. The first-order valence-corrected chi connectivity index (χ1v) is 16.7. The fourth-order valence-corrected chi connectivity index (χ4v) is 6.01. The summed E-state index contributed by atoms with van der Waals surface area (Å²) < 4.78 is 0. The number of nitrogens with zero attached hydrogens (tertiary/aromatic N) is 1. The van der Waals surface area contributed by atoms with Gasteiger partial charge in [-0.1, -0.05) is 71.4 Å². The van der Waals surface area contributed by atoms with Gasteiger partial charge < -0.3 is 26.4 Å². The van der Waals surface area contributed by atoms with Crippen molar-refractivity contribution in [2.75, 3.05) is 6.54 Å². The molecule has 1 aliphatic rings. The first-order valence-electron chi connectivity index (χ1n) is 15.8. The van der Waals surface area contributed by atoms with E-state index in [1.54, 1.807) is 6.92 Å². The van der Waals surface area contributed by atoms with E-state index in [4.69, 9.17) is 0 Å². The van der Waals surface area contributed by atoms with Crippen LogP contribution in [0.15, 0.2) is 35.7 Å². The predicted octanol–water partition coefficient (Wildman–Crippen LogP) is 4.01. The molecule has 13 heteroatoms. The second-order valence-corrected chi connectivity index (χ2v) is 13.2. The van der Waals surface area contributed by atoms with Gasteiger partial charge in [0.1, 0.15) is 11.7 Å². The van der Waals surface area contributed by atoms with E-state index in [0.717, 1.165) is 36.3 Å². The summed E-state index contributed by atoms with van der Waals surface area (Å²) in [5.74, 6) is -3.12.